The summed E-state index contributed by atoms with van der Waals surface area (Å²) in [6.07, 6.45) is 1.75. The van der Waals surface area contributed by atoms with Gasteiger partial charge in [0.15, 0.2) is 0 Å². The summed E-state index contributed by atoms with van der Waals surface area (Å²) in [6, 6.07) is 7.71. The van der Waals surface area contributed by atoms with Crippen molar-refractivity contribution < 1.29 is 9.53 Å². The van der Waals surface area contributed by atoms with E-state index in [0.717, 1.165) is 18.7 Å². The third kappa shape index (κ3) is 4.87. The molecule has 0 bridgehead atoms. The molecule has 3 heteroatoms. The lowest BCUT2D eigenvalue weighted by atomic mass is 10.1. The first-order chi connectivity index (χ1) is 9.08. The van der Waals surface area contributed by atoms with E-state index in [1.807, 2.05) is 12.1 Å². The molecule has 104 valence electrons. The molecule has 0 spiro atoms. The van der Waals surface area contributed by atoms with E-state index in [2.05, 4.69) is 32.3 Å². The fraction of sp³-hybridized carbons (Fsp3) is 0.438. The molecule has 0 aliphatic heterocycles. The third-order valence-corrected chi connectivity index (χ3v) is 3.13. The highest BCUT2D eigenvalue weighted by molar-refractivity contribution is 5.89. The Morgan fingerprint density at radius 2 is 2.00 bits per heavy atom. The molecule has 0 aliphatic carbocycles. The van der Waals surface area contributed by atoms with Gasteiger partial charge in [0.05, 0.1) is 5.56 Å². The fourth-order valence-corrected chi connectivity index (χ4v) is 1.88. The van der Waals surface area contributed by atoms with Crippen molar-refractivity contribution in [3.05, 3.63) is 42.0 Å². The minimum Gasteiger partial charge on any atom is -0.461 e. The van der Waals surface area contributed by atoms with Crippen molar-refractivity contribution in [2.45, 2.75) is 26.8 Å². The number of carbonyl (C=O) groups excluding carboxylic acids is 1. The summed E-state index contributed by atoms with van der Waals surface area (Å²) in [6.45, 7) is 12.2. The molecule has 0 unspecified atom stereocenters. The zero-order valence-electron chi connectivity index (χ0n) is 12.1. The van der Waals surface area contributed by atoms with Crippen molar-refractivity contribution in [3.8, 4) is 0 Å². The third-order valence-electron chi connectivity index (χ3n) is 3.13. The maximum atomic E-state index is 11.8. The van der Waals surface area contributed by atoms with Crippen LogP contribution >= 0.6 is 0 Å². The summed E-state index contributed by atoms with van der Waals surface area (Å²) in [5.41, 5.74) is 1.58. The molecule has 0 amide bonds. The van der Waals surface area contributed by atoms with Crippen LogP contribution in [0.25, 0.3) is 6.08 Å². The highest BCUT2D eigenvalue weighted by Crippen LogP contribution is 2.07. The molecular weight excluding hydrogens is 238 g/mol. The second kappa shape index (κ2) is 7.74. The van der Waals surface area contributed by atoms with Gasteiger partial charge in [-0.3, -0.25) is 4.90 Å². The van der Waals surface area contributed by atoms with Crippen molar-refractivity contribution in [2.75, 3.05) is 19.7 Å². The lowest BCUT2D eigenvalue weighted by molar-refractivity contribution is 0.0448. The van der Waals surface area contributed by atoms with Gasteiger partial charge in [0.25, 0.3) is 0 Å². The number of likely N-dealkylation sites (N-methyl/N-ethyl adjacent to an activating group) is 1. The minimum absolute atomic E-state index is 0.268. The van der Waals surface area contributed by atoms with Crippen LogP contribution in [0.1, 0.15) is 36.7 Å². The molecule has 3 nitrogen and oxygen atoms in total. The number of hydrogen-bond acceptors (Lipinski definition) is 3. The largest absolute Gasteiger partial charge is 0.461 e. The summed E-state index contributed by atoms with van der Waals surface area (Å²) in [5, 5.41) is 0. The van der Waals surface area contributed by atoms with E-state index in [1.165, 1.54) is 0 Å². The van der Waals surface area contributed by atoms with Crippen LogP contribution in [0.3, 0.4) is 0 Å². The summed E-state index contributed by atoms with van der Waals surface area (Å²) in [7, 11) is 0. The molecule has 1 aromatic carbocycles. The van der Waals surface area contributed by atoms with Gasteiger partial charge in [0, 0.05) is 12.6 Å². The number of carbonyl (C=O) groups is 1. The lowest BCUT2D eigenvalue weighted by Gasteiger charge is -2.24. The number of hydrogen-bond donors (Lipinski definition) is 0. The van der Waals surface area contributed by atoms with E-state index < -0.39 is 0 Å². The van der Waals surface area contributed by atoms with Crippen LogP contribution in [0.15, 0.2) is 30.8 Å². The van der Waals surface area contributed by atoms with Gasteiger partial charge in [-0.1, -0.05) is 31.7 Å². The molecule has 0 N–H and O–H groups in total. The van der Waals surface area contributed by atoms with Gasteiger partial charge in [-0.25, -0.2) is 4.79 Å². The van der Waals surface area contributed by atoms with Gasteiger partial charge in [-0.2, -0.15) is 0 Å². The van der Waals surface area contributed by atoms with Gasteiger partial charge < -0.3 is 4.74 Å². The highest BCUT2D eigenvalue weighted by Gasteiger charge is 2.10. The first-order valence-corrected chi connectivity index (χ1v) is 6.72. The maximum absolute atomic E-state index is 11.8. The van der Waals surface area contributed by atoms with Crippen LogP contribution in [-0.4, -0.2) is 36.6 Å². The average Bonchev–Trinajstić information content (AvgIpc) is 2.43. The van der Waals surface area contributed by atoms with Gasteiger partial charge in [0.2, 0.25) is 0 Å². The molecule has 0 saturated carbocycles. The Hall–Kier alpha value is -1.61. The van der Waals surface area contributed by atoms with Gasteiger partial charge in [-0.15, -0.1) is 0 Å². The molecule has 1 rings (SSSR count). The molecule has 0 fully saturated rings. The molecule has 19 heavy (non-hydrogen) atoms. The van der Waals surface area contributed by atoms with Crippen LogP contribution in [0.4, 0.5) is 0 Å². The summed E-state index contributed by atoms with van der Waals surface area (Å²) in [4.78, 5) is 14.1. The number of benzene rings is 1. The predicted molar refractivity (Wildman–Crippen MR) is 79.2 cm³/mol. The molecule has 0 radical (unpaired) electrons. The Morgan fingerprint density at radius 1 is 1.37 bits per heavy atom. The summed E-state index contributed by atoms with van der Waals surface area (Å²) < 4.78 is 5.28. The SMILES string of the molecule is C=Cc1ccc(C(=O)OCCN(CC)C(C)C)cc1. The number of nitrogens with zero attached hydrogens (tertiary/aromatic N) is 1. The second-order valence-corrected chi connectivity index (χ2v) is 4.68. The minimum atomic E-state index is -0.268. The Morgan fingerprint density at radius 3 is 2.47 bits per heavy atom. The summed E-state index contributed by atoms with van der Waals surface area (Å²) >= 11 is 0. The van der Waals surface area contributed by atoms with Gasteiger partial charge in [-0.05, 0) is 38.1 Å². The van der Waals surface area contributed by atoms with Crippen molar-refractivity contribution >= 4 is 12.0 Å². The van der Waals surface area contributed by atoms with Crippen molar-refractivity contribution in [1.82, 2.24) is 4.90 Å². The van der Waals surface area contributed by atoms with E-state index in [4.69, 9.17) is 4.74 Å². The molecule has 0 aromatic heterocycles. The van der Waals surface area contributed by atoms with Gasteiger partial charge in [0.1, 0.15) is 6.61 Å². The Kier molecular flexibility index (Phi) is 6.30. The van der Waals surface area contributed by atoms with Crippen LogP contribution in [0.2, 0.25) is 0 Å². The Balaban J connectivity index is 2.44. The molecule has 0 heterocycles. The topological polar surface area (TPSA) is 29.5 Å². The Labute approximate surface area is 115 Å². The number of esters is 1. The average molecular weight is 261 g/mol. The van der Waals surface area contributed by atoms with Crippen LogP contribution in [0, 0.1) is 0 Å². The zero-order valence-corrected chi connectivity index (χ0v) is 12.1. The lowest BCUT2D eigenvalue weighted by Crippen LogP contribution is -2.34. The predicted octanol–water partition coefficient (Wildman–Crippen LogP) is 3.22. The molecule has 0 saturated heterocycles. The second-order valence-electron chi connectivity index (χ2n) is 4.68. The first kappa shape index (κ1) is 15.4. The van der Waals surface area contributed by atoms with Gasteiger partial charge >= 0.3 is 5.97 Å². The van der Waals surface area contributed by atoms with E-state index in [1.54, 1.807) is 18.2 Å². The Bertz CT molecular complexity index is 409. The number of ether oxygens (including phenoxy) is 1. The summed E-state index contributed by atoms with van der Waals surface area (Å²) in [5.74, 6) is -0.268. The van der Waals surface area contributed by atoms with E-state index >= 15 is 0 Å². The van der Waals surface area contributed by atoms with Crippen molar-refractivity contribution in [3.63, 3.8) is 0 Å². The zero-order chi connectivity index (χ0) is 14.3. The normalized spacial score (nSPS) is 10.8. The molecular formula is C16H23NO2. The number of rotatable bonds is 7. The monoisotopic (exact) mass is 261 g/mol. The quantitative estimate of drug-likeness (QED) is 0.706. The first-order valence-electron chi connectivity index (χ1n) is 6.72. The van der Waals surface area contributed by atoms with E-state index in [-0.39, 0.29) is 5.97 Å². The maximum Gasteiger partial charge on any atom is 0.338 e. The smallest absolute Gasteiger partial charge is 0.338 e. The van der Waals surface area contributed by atoms with Crippen LogP contribution in [0.5, 0.6) is 0 Å². The standard InChI is InChI=1S/C16H23NO2/c1-5-14-7-9-15(10-8-14)16(18)19-12-11-17(6-2)13(3)4/h5,7-10,13H,1,6,11-12H2,2-4H3. The van der Waals surface area contributed by atoms with Crippen LogP contribution in [-0.2, 0) is 4.74 Å². The van der Waals surface area contributed by atoms with Crippen molar-refractivity contribution in [2.24, 2.45) is 0 Å². The highest BCUT2D eigenvalue weighted by atomic mass is 16.5. The van der Waals surface area contributed by atoms with E-state index in [0.29, 0.717) is 18.2 Å². The van der Waals surface area contributed by atoms with Crippen molar-refractivity contribution in [1.29, 1.82) is 0 Å². The van der Waals surface area contributed by atoms with Crippen LogP contribution < -0.4 is 0 Å². The molecule has 0 atom stereocenters. The fourth-order valence-electron chi connectivity index (χ4n) is 1.88. The molecule has 1 aromatic rings. The molecule has 0 aliphatic rings. The van der Waals surface area contributed by atoms with E-state index in [9.17, 15) is 4.79 Å².